The van der Waals surface area contributed by atoms with Gasteiger partial charge in [0.05, 0.1) is 21.7 Å². The molecule has 3 rings (SSSR count). The molecule has 1 amide bonds. The maximum absolute atomic E-state index is 12.5. The second-order valence-corrected chi connectivity index (χ2v) is 7.57. The van der Waals surface area contributed by atoms with E-state index in [2.05, 4.69) is 0 Å². The highest BCUT2D eigenvalue weighted by atomic mass is 35.5. The van der Waals surface area contributed by atoms with Crippen molar-refractivity contribution in [1.82, 2.24) is 0 Å². The van der Waals surface area contributed by atoms with Crippen LogP contribution in [0.15, 0.2) is 42.5 Å². The van der Waals surface area contributed by atoms with Crippen molar-refractivity contribution in [3.05, 3.63) is 63.6 Å². The van der Waals surface area contributed by atoms with E-state index in [9.17, 15) is 14.4 Å². The maximum Gasteiger partial charge on any atom is 0.312 e. The molecule has 0 spiro atoms. The average Bonchev–Trinajstić information content (AvgIpc) is 3.05. The third-order valence-electron chi connectivity index (χ3n) is 4.68. The number of carbonyl (C=O) groups excluding carboxylic acids is 3. The first-order chi connectivity index (χ1) is 13.3. The molecule has 1 aliphatic heterocycles. The smallest absolute Gasteiger partial charge is 0.312 e. The Balaban J connectivity index is 1.66. The lowest BCUT2D eigenvalue weighted by atomic mass is 10.1. The molecular weight excluding hydrogens is 401 g/mol. The minimum absolute atomic E-state index is 0.00683. The van der Waals surface area contributed by atoms with Crippen molar-refractivity contribution in [3.8, 4) is 0 Å². The van der Waals surface area contributed by atoms with Gasteiger partial charge in [0.1, 0.15) is 0 Å². The number of hydrogen-bond acceptors (Lipinski definition) is 4. The van der Waals surface area contributed by atoms with Gasteiger partial charge in [-0.2, -0.15) is 0 Å². The van der Waals surface area contributed by atoms with Gasteiger partial charge in [0.25, 0.3) is 0 Å². The zero-order chi connectivity index (χ0) is 20.4. The molecule has 0 aromatic heterocycles. The van der Waals surface area contributed by atoms with Crippen molar-refractivity contribution in [2.75, 3.05) is 11.4 Å². The molecule has 1 aliphatic rings. The predicted molar refractivity (Wildman–Crippen MR) is 108 cm³/mol. The van der Waals surface area contributed by atoms with E-state index >= 15 is 0 Å². The van der Waals surface area contributed by atoms with Crippen LogP contribution in [-0.4, -0.2) is 30.3 Å². The van der Waals surface area contributed by atoms with Crippen LogP contribution in [0.25, 0.3) is 0 Å². The first-order valence-electron chi connectivity index (χ1n) is 8.83. The first-order valence-corrected chi connectivity index (χ1v) is 9.59. The highest BCUT2D eigenvalue weighted by molar-refractivity contribution is 6.44. The molecule has 0 radical (unpaired) electrons. The van der Waals surface area contributed by atoms with E-state index in [1.165, 1.54) is 11.8 Å². The Hall–Kier alpha value is -2.37. The summed E-state index contributed by atoms with van der Waals surface area (Å²) in [6.07, 6.45) is -0.943. The molecule has 0 bridgehead atoms. The lowest BCUT2D eigenvalue weighted by Crippen LogP contribution is -2.30. The number of esters is 1. The van der Waals surface area contributed by atoms with E-state index in [0.717, 1.165) is 5.56 Å². The van der Waals surface area contributed by atoms with E-state index in [1.54, 1.807) is 30.3 Å². The lowest BCUT2D eigenvalue weighted by Gasteiger charge is -2.19. The third-order valence-corrected chi connectivity index (χ3v) is 5.49. The number of nitrogens with zero attached hydrogens (tertiary/aromatic N) is 1. The van der Waals surface area contributed by atoms with Gasteiger partial charge >= 0.3 is 5.97 Å². The summed E-state index contributed by atoms with van der Waals surface area (Å²) in [5.74, 6) is -1.78. The Morgan fingerprint density at radius 3 is 2.50 bits per heavy atom. The van der Waals surface area contributed by atoms with Gasteiger partial charge in [0.2, 0.25) is 11.7 Å². The van der Waals surface area contributed by atoms with Crippen LogP contribution in [0.3, 0.4) is 0 Å². The summed E-state index contributed by atoms with van der Waals surface area (Å²) in [7, 11) is 0. The van der Waals surface area contributed by atoms with Gasteiger partial charge in [0, 0.05) is 18.5 Å². The summed E-state index contributed by atoms with van der Waals surface area (Å²) in [5, 5.41) is 0.588. The topological polar surface area (TPSA) is 63.7 Å². The number of amides is 1. The fourth-order valence-electron chi connectivity index (χ4n) is 3.08. The van der Waals surface area contributed by atoms with E-state index in [-0.39, 0.29) is 29.7 Å². The van der Waals surface area contributed by atoms with Gasteiger partial charge in [-0.25, -0.2) is 0 Å². The van der Waals surface area contributed by atoms with E-state index < -0.39 is 18.0 Å². The molecule has 0 saturated carbocycles. The minimum atomic E-state index is -0.936. The summed E-state index contributed by atoms with van der Waals surface area (Å²) in [6, 6.07) is 12.0. The monoisotopic (exact) mass is 419 g/mol. The molecule has 1 heterocycles. The number of rotatable bonds is 5. The van der Waals surface area contributed by atoms with E-state index in [0.29, 0.717) is 16.3 Å². The Morgan fingerprint density at radius 1 is 1.14 bits per heavy atom. The lowest BCUT2D eigenvalue weighted by molar-refractivity contribution is -0.151. The van der Waals surface area contributed by atoms with Crippen LogP contribution in [0.4, 0.5) is 5.69 Å². The molecule has 1 fully saturated rings. The van der Waals surface area contributed by atoms with Gasteiger partial charge in [0.15, 0.2) is 6.10 Å². The Morgan fingerprint density at radius 2 is 1.82 bits per heavy atom. The molecule has 7 heteroatoms. The fourth-order valence-corrected chi connectivity index (χ4v) is 3.47. The summed E-state index contributed by atoms with van der Waals surface area (Å²) >= 11 is 12.2. The molecule has 1 saturated heterocycles. The zero-order valence-electron chi connectivity index (χ0n) is 15.4. The normalized spacial score (nSPS) is 17.5. The number of Topliss-reactive ketones (excluding diaryl/α,β-unsaturated/α-hetero) is 1. The zero-order valence-corrected chi connectivity index (χ0v) is 17.0. The second-order valence-electron chi connectivity index (χ2n) is 6.79. The molecule has 2 aromatic rings. The SMILES string of the molecule is Cc1ccc(C(=O)[C@@H](C)OC(=O)[C@H]2CC(=O)N(c3cccc(Cl)c3Cl)C2)cc1. The molecule has 0 unspecified atom stereocenters. The van der Waals surface area contributed by atoms with Crippen molar-refractivity contribution >= 4 is 46.5 Å². The van der Waals surface area contributed by atoms with Crippen LogP contribution in [-0.2, 0) is 14.3 Å². The van der Waals surface area contributed by atoms with Crippen molar-refractivity contribution in [2.45, 2.75) is 26.4 Å². The predicted octanol–water partition coefficient (Wildman–Crippen LogP) is 4.47. The minimum Gasteiger partial charge on any atom is -0.454 e. The highest BCUT2D eigenvalue weighted by Crippen LogP contribution is 2.36. The number of hydrogen-bond donors (Lipinski definition) is 0. The van der Waals surface area contributed by atoms with E-state index in [4.69, 9.17) is 27.9 Å². The molecule has 2 atom stereocenters. The Bertz CT molecular complexity index is 927. The van der Waals surface area contributed by atoms with Gasteiger partial charge in [-0.05, 0) is 26.0 Å². The van der Waals surface area contributed by atoms with Gasteiger partial charge in [-0.3, -0.25) is 14.4 Å². The first kappa shape index (κ1) is 20.4. The Kier molecular flexibility index (Phi) is 6.06. The van der Waals surface area contributed by atoms with Crippen molar-refractivity contribution in [3.63, 3.8) is 0 Å². The van der Waals surface area contributed by atoms with Crippen LogP contribution >= 0.6 is 23.2 Å². The molecule has 28 heavy (non-hydrogen) atoms. The number of ketones is 1. The molecule has 5 nitrogen and oxygen atoms in total. The molecular formula is C21H19Cl2NO4. The van der Waals surface area contributed by atoms with Gasteiger partial charge < -0.3 is 9.64 Å². The summed E-state index contributed by atoms with van der Waals surface area (Å²) in [5.41, 5.74) is 1.96. The quantitative estimate of drug-likeness (QED) is 0.529. The number of carbonyl (C=O) groups is 3. The Labute approximate surface area is 173 Å². The maximum atomic E-state index is 12.5. The number of aryl methyl sites for hydroxylation is 1. The fraction of sp³-hybridized carbons (Fsp3) is 0.286. The largest absolute Gasteiger partial charge is 0.454 e. The van der Waals surface area contributed by atoms with Crippen molar-refractivity contribution in [1.29, 1.82) is 0 Å². The van der Waals surface area contributed by atoms with Crippen molar-refractivity contribution < 1.29 is 19.1 Å². The molecule has 0 aliphatic carbocycles. The third kappa shape index (κ3) is 4.21. The number of ether oxygens (including phenoxy) is 1. The summed E-state index contributed by atoms with van der Waals surface area (Å²) < 4.78 is 5.34. The molecule has 2 aromatic carbocycles. The molecule has 0 N–H and O–H groups in total. The van der Waals surface area contributed by atoms with Crippen LogP contribution in [0.2, 0.25) is 10.0 Å². The van der Waals surface area contributed by atoms with Crippen LogP contribution in [0, 0.1) is 12.8 Å². The van der Waals surface area contributed by atoms with Crippen molar-refractivity contribution in [2.24, 2.45) is 5.92 Å². The van der Waals surface area contributed by atoms with Gasteiger partial charge in [-0.1, -0.05) is 59.1 Å². The standard InChI is InChI=1S/C21H19Cl2NO4/c1-12-6-8-14(9-7-12)20(26)13(2)28-21(27)15-10-18(25)24(11-15)17-5-3-4-16(22)19(17)23/h3-9,13,15H,10-11H2,1-2H3/t13-,15+/m1/s1. The number of halogens is 2. The van der Waals surface area contributed by atoms with Crippen LogP contribution < -0.4 is 4.90 Å². The van der Waals surface area contributed by atoms with Crippen LogP contribution in [0.5, 0.6) is 0 Å². The summed E-state index contributed by atoms with van der Waals surface area (Å²) in [4.78, 5) is 38.8. The van der Waals surface area contributed by atoms with Crippen LogP contribution in [0.1, 0.15) is 29.3 Å². The van der Waals surface area contributed by atoms with Gasteiger partial charge in [-0.15, -0.1) is 0 Å². The number of anilines is 1. The highest BCUT2D eigenvalue weighted by Gasteiger charge is 2.38. The number of benzene rings is 2. The summed E-state index contributed by atoms with van der Waals surface area (Å²) in [6.45, 7) is 3.58. The molecule has 146 valence electrons. The second kappa shape index (κ2) is 8.33. The van der Waals surface area contributed by atoms with E-state index in [1.807, 2.05) is 19.1 Å². The average molecular weight is 420 g/mol.